The number of hydrogen-bond donors (Lipinski definition) is 0. The molecule has 0 amide bonds. The molecule has 0 spiro atoms. The molecule has 2 aromatic rings. The number of alkyl halides is 6. The summed E-state index contributed by atoms with van der Waals surface area (Å²) in [5.41, 5.74) is 1.55. The van der Waals surface area contributed by atoms with Crippen LogP contribution in [0, 0.1) is 0 Å². The lowest BCUT2D eigenvalue weighted by Gasteiger charge is -2.31. The topological polar surface area (TPSA) is 57.2 Å². The molecule has 184 valence electrons. The number of halogens is 6. The molecule has 0 saturated heterocycles. The maximum absolute atomic E-state index is 12.1. The van der Waals surface area contributed by atoms with Gasteiger partial charge >= 0.3 is 17.1 Å². The van der Waals surface area contributed by atoms with Crippen LogP contribution in [-0.2, 0) is 21.9 Å². The molecule has 0 aliphatic heterocycles. The summed E-state index contributed by atoms with van der Waals surface area (Å²) in [7, 11) is -6.86. The third-order valence-corrected chi connectivity index (χ3v) is 7.21. The van der Waals surface area contributed by atoms with Gasteiger partial charge in [0.05, 0.1) is 0 Å². The van der Waals surface area contributed by atoms with Crippen molar-refractivity contribution in [3.8, 4) is 0 Å². The van der Waals surface area contributed by atoms with Crippen LogP contribution in [-0.4, -0.2) is 30.1 Å². The van der Waals surface area contributed by atoms with Crippen molar-refractivity contribution in [2.75, 3.05) is 0 Å². The first-order valence-electron chi connectivity index (χ1n) is 10.1. The lowest BCUT2D eigenvalue weighted by atomic mass is 9.84. The molecule has 1 saturated carbocycles. The molecule has 0 radical (unpaired) electrons. The predicted octanol–water partition coefficient (Wildman–Crippen LogP) is 6.38. The zero-order valence-corrected chi connectivity index (χ0v) is 19.4. The largest absolute Gasteiger partial charge is 0.743 e. The van der Waals surface area contributed by atoms with Crippen molar-refractivity contribution in [1.82, 2.24) is 0 Å². The molecule has 0 unspecified atom stereocenters. The lowest BCUT2D eigenvalue weighted by molar-refractivity contribution is -0.273. The molecular weight excluding hydrogens is 490 g/mol. The second kappa shape index (κ2) is 10.7. The average molecular weight is 515 g/mol. The molecule has 0 atom stereocenters. The Kier molecular flexibility index (Phi) is 8.92. The van der Waals surface area contributed by atoms with E-state index < -0.39 is 34.1 Å². The van der Waals surface area contributed by atoms with Crippen LogP contribution < -0.4 is 0 Å². The van der Waals surface area contributed by atoms with Crippen LogP contribution in [0.1, 0.15) is 50.5 Å². The van der Waals surface area contributed by atoms with Gasteiger partial charge in [0.25, 0.3) is 0 Å². The Morgan fingerprint density at radius 3 is 1.73 bits per heavy atom. The summed E-state index contributed by atoms with van der Waals surface area (Å²) in [6.07, 6.45) is 7.02. The van der Waals surface area contributed by atoms with Crippen molar-refractivity contribution in [2.24, 2.45) is 0 Å². The first kappa shape index (κ1) is 27.5. The number of thiol groups is 1. The Hall–Kier alpha value is -1.72. The van der Waals surface area contributed by atoms with Gasteiger partial charge in [0, 0.05) is 18.7 Å². The minimum atomic E-state index is -6.86. The fourth-order valence-corrected chi connectivity index (χ4v) is 4.73. The minimum absolute atomic E-state index is 0.619. The van der Waals surface area contributed by atoms with Gasteiger partial charge in [0.15, 0.2) is 19.9 Å². The van der Waals surface area contributed by atoms with Gasteiger partial charge in [0.2, 0.25) is 0 Å². The maximum Gasteiger partial charge on any atom is 0.402 e. The van der Waals surface area contributed by atoms with Gasteiger partial charge in [-0.2, -0.15) is 26.3 Å². The molecule has 0 bridgehead atoms. The predicted molar refractivity (Wildman–Crippen MR) is 114 cm³/mol. The molecule has 0 heterocycles. The fraction of sp³-hybridized carbons (Fsp3) is 0.455. The van der Waals surface area contributed by atoms with E-state index in [0.29, 0.717) is 0 Å². The van der Waals surface area contributed by atoms with Crippen LogP contribution in [0.25, 0.3) is 0 Å². The SMILES string of the molecule is CC(F)(F)C(F)(F)C(F)(F)S(=O)(=O)[O-].c1ccc([SH+]c2ccc(C3CCCCC3)cc2)cc1. The van der Waals surface area contributed by atoms with Gasteiger partial charge in [-0.15, -0.1) is 0 Å². The molecule has 0 N–H and O–H groups in total. The lowest BCUT2D eigenvalue weighted by Crippen LogP contribution is -2.56. The smallest absolute Gasteiger partial charge is 0.402 e. The number of rotatable bonds is 6. The zero-order valence-electron chi connectivity index (χ0n) is 17.7. The summed E-state index contributed by atoms with van der Waals surface area (Å²) >= 11 is 1.31. The Morgan fingerprint density at radius 2 is 1.30 bits per heavy atom. The van der Waals surface area contributed by atoms with Gasteiger partial charge in [-0.1, -0.05) is 49.6 Å². The van der Waals surface area contributed by atoms with E-state index in [2.05, 4.69) is 54.6 Å². The van der Waals surface area contributed by atoms with Gasteiger partial charge in [-0.05, 0) is 48.6 Å². The van der Waals surface area contributed by atoms with Crippen molar-refractivity contribution in [2.45, 2.75) is 71.8 Å². The Morgan fingerprint density at radius 1 is 0.818 bits per heavy atom. The van der Waals surface area contributed by atoms with Crippen LogP contribution in [0.2, 0.25) is 0 Å². The second-order valence-corrected chi connectivity index (χ2v) is 10.5. The highest BCUT2D eigenvalue weighted by molar-refractivity contribution is 7.86. The number of hydrogen-bond acceptors (Lipinski definition) is 3. The van der Waals surface area contributed by atoms with Gasteiger partial charge in [-0.3, -0.25) is 0 Å². The molecule has 3 rings (SSSR count). The van der Waals surface area contributed by atoms with E-state index in [1.165, 1.54) is 53.7 Å². The van der Waals surface area contributed by atoms with E-state index in [4.69, 9.17) is 0 Å². The van der Waals surface area contributed by atoms with E-state index in [1.54, 1.807) is 5.56 Å². The monoisotopic (exact) mass is 514 g/mol. The van der Waals surface area contributed by atoms with E-state index >= 15 is 0 Å². The third-order valence-electron chi connectivity index (χ3n) is 5.21. The summed E-state index contributed by atoms with van der Waals surface area (Å²) in [6.45, 7) is -0.619. The normalized spacial score (nSPS) is 16.1. The third kappa shape index (κ3) is 6.89. The summed E-state index contributed by atoms with van der Waals surface area (Å²) in [5, 5.41) is -6.35. The summed E-state index contributed by atoms with van der Waals surface area (Å²) in [5.74, 6) is -10.8. The van der Waals surface area contributed by atoms with Crippen molar-refractivity contribution in [3.63, 3.8) is 0 Å². The molecule has 2 aromatic carbocycles. The van der Waals surface area contributed by atoms with Crippen molar-refractivity contribution < 1.29 is 39.3 Å². The quantitative estimate of drug-likeness (QED) is 0.195. The van der Waals surface area contributed by atoms with Gasteiger partial charge in [0.1, 0.15) is 0 Å². The average Bonchev–Trinajstić information content (AvgIpc) is 2.74. The zero-order chi connectivity index (χ0) is 24.9. The fourth-order valence-electron chi connectivity index (χ4n) is 3.32. The maximum atomic E-state index is 12.1. The number of benzene rings is 2. The molecule has 0 aromatic heterocycles. The van der Waals surface area contributed by atoms with Crippen LogP contribution in [0.5, 0.6) is 0 Å². The minimum Gasteiger partial charge on any atom is -0.743 e. The first-order valence-corrected chi connectivity index (χ1v) is 12.4. The van der Waals surface area contributed by atoms with E-state index in [1.807, 2.05) is 0 Å². The van der Waals surface area contributed by atoms with Crippen LogP contribution in [0.3, 0.4) is 0 Å². The molecule has 33 heavy (non-hydrogen) atoms. The summed E-state index contributed by atoms with van der Waals surface area (Å²) in [4.78, 5) is 2.76. The molecule has 1 aliphatic rings. The molecule has 3 nitrogen and oxygen atoms in total. The van der Waals surface area contributed by atoms with Gasteiger partial charge < -0.3 is 4.55 Å². The first-order chi connectivity index (χ1) is 15.2. The second-order valence-electron chi connectivity index (χ2n) is 7.81. The molecule has 1 fully saturated rings. The van der Waals surface area contributed by atoms with Crippen LogP contribution in [0.15, 0.2) is 64.4 Å². The molecular formula is C22H24F6O3S2. The molecule has 1 aliphatic carbocycles. The van der Waals surface area contributed by atoms with Gasteiger partial charge in [-0.25, -0.2) is 8.42 Å². The van der Waals surface area contributed by atoms with Crippen molar-refractivity contribution in [3.05, 3.63) is 60.2 Å². The van der Waals surface area contributed by atoms with Crippen molar-refractivity contribution >= 4 is 21.9 Å². The summed E-state index contributed by atoms with van der Waals surface area (Å²) < 4.78 is 101. The van der Waals surface area contributed by atoms with Crippen LogP contribution in [0.4, 0.5) is 26.3 Å². The Balaban J connectivity index is 0.000000248. The standard InChI is InChI=1S/C18H20S.C4H4F6O3S/c1-3-7-15(8-4-1)16-11-13-18(14-12-16)19-17-9-5-2-6-10-17;1-2(5,6)3(7,8)4(9,10)14(11,12)13/h2,5-6,9-15H,1,3-4,7-8H2;1H3,(H,11,12,13). The highest BCUT2D eigenvalue weighted by Gasteiger charge is 2.72. The summed E-state index contributed by atoms with van der Waals surface area (Å²) in [6, 6.07) is 20.0. The highest BCUT2D eigenvalue weighted by Crippen LogP contribution is 2.47. The van der Waals surface area contributed by atoms with E-state index in [-0.39, 0.29) is 0 Å². The van der Waals surface area contributed by atoms with E-state index in [0.717, 1.165) is 5.92 Å². The Labute approximate surface area is 193 Å². The van der Waals surface area contributed by atoms with Crippen molar-refractivity contribution in [1.29, 1.82) is 0 Å². The Bertz CT molecular complexity index is 985. The highest BCUT2D eigenvalue weighted by atomic mass is 32.2. The molecule has 11 heteroatoms. The van der Waals surface area contributed by atoms with E-state index in [9.17, 15) is 39.3 Å². The van der Waals surface area contributed by atoms with Crippen LogP contribution >= 0.6 is 0 Å².